The van der Waals surface area contributed by atoms with E-state index in [4.69, 9.17) is 4.74 Å². The van der Waals surface area contributed by atoms with Gasteiger partial charge in [-0.25, -0.2) is 4.79 Å². The first kappa shape index (κ1) is 16.0. The van der Waals surface area contributed by atoms with E-state index in [1.165, 1.54) is 31.3 Å². The van der Waals surface area contributed by atoms with Crippen molar-refractivity contribution < 1.29 is 19.1 Å². The van der Waals surface area contributed by atoms with Gasteiger partial charge in [0.05, 0.1) is 11.5 Å². The Morgan fingerprint density at radius 2 is 2.14 bits per heavy atom. The Morgan fingerprint density at radius 3 is 2.73 bits per heavy atom. The molecule has 2 heterocycles. The zero-order valence-corrected chi connectivity index (χ0v) is 12.8. The molecule has 1 aromatic heterocycles. The Hall–Kier alpha value is -2.35. The summed E-state index contributed by atoms with van der Waals surface area (Å²) in [5.41, 5.74) is 0.315. The second kappa shape index (κ2) is 6.61. The topological polar surface area (TPSA) is 96.5 Å². The number of nitrogens with one attached hydrogen (secondary N) is 1. The highest BCUT2D eigenvalue weighted by Gasteiger charge is 2.41. The number of thioether (sulfide) groups is 1. The van der Waals surface area contributed by atoms with Gasteiger partial charge < -0.3 is 9.72 Å². The van der Waals surface area contributed by atoms with Crippen LogP contribution in [0.1, 0.15) is 19.4 Å². The van der Waals surface area contributed by atoms with E-state index in [0.29, 0.717) is 5.56 Å². The lowest BCUT2D eigenvalue weighted by atomic mass is 10.2. The number of esters is 1. The van der Waals surface area contributed by atoms with Gasteiger partial charge in [0.25, 0.3) is 11.1 Å². The van der Waals surface area contributed by atoms with E-state index in [0.717, 1.165) is 16.7 Å². The molecule has 0 bridgehead atoms. The van der Waals surface area contributed by atoms with Crippen LogP contribution < -0.4 is 5.56 Å². The third-order valence-electron chi connectivity index (χ3n) is 2.94. The Labute approximate surface area is 130 Å². The first-order chi connectivity index (χ1) is 10.4. The zero-order chi connectivity index (χ0) is 16.3. The number of rotatable bonds is 4. The molecular weight excluding hydrogens is 308 g/mol. The molecule has 1 aliphatic rings. The van der Waals surface area contributed by atoms with Crippen molar-refractivity contribution in [3.05, 3.63) is 39.2 Å². The first-order valence-electron chi connectivity index (χ1n) is 6.56. The fourth-order valence-electron chi connectivity index (χ4n) is 1.85. The van der Waals surface area contributed by atoms with Gasteiger partial charge in [0.15, 0.2) is 0 Å². The van der Waals surface area contributed by atoms with Crippen molar-refractivity contribution in [2.75, 3.05) is 6.61 Å². The van der Waals surface area contributed by atoms with E-state index < -0.39 is 23.2 Å². The maximum atomic E-state index is 12.3. The van der Waals surface area contributed by atoms with E-state index in [1.807, 2.05) is 0 Å². The third kappa shape index (κ3) is 3.28. The number of nitrogens with zero attached hydrogens (tertiary/aromatic N) is 1. The average molecular weight is 322 g/mol. The molecule has 0 spiro atoms. The molecule has 8 heteroatoms. The van der Waals surface area contributed by atoms with E-state index in [-0.39, 0.29) is 17.1 Å². The van der Waals surface area contributed by atoms with Crippen LogP contribution >= 0.6 is 11.8 Å². The largest absolute Gasteiger partial charge is 0.464 e. The summed E-state index contributed by atoms with van der Waals surface area (Å²) >= 11 is 0.743. The van der Waals surface area contributed by atoms with Gasteiger partial charge >= 0.3 is 5.97 Å². The number of H-pyrrole nitrogens is 1. The Kier molecular flexibility index (Phi) is 4.81. The summed E-state index contributed by atoms with van der Waals surface area (Å²) in [6.07, 6.45) is 2.92. The number of amides is 2. The molecule has 1 N–H and O–H groups in total. The molecule has 1 unspecified atom stereocenters. The summed E-state index contributed by atoms with van der Waals surface area (Å²) in [7, 11) is 0. The minimum Gasteiger partial charge on any atom is -0.464 e. The third-order valence-corrected chi connectivity index (χ3v) is 3.83. The Balaban J connectivity index is 2.23. The van der Waals surface area contributed by atoms with Crippen LogP contribution in [0, 0.1) is 0 Å². The van der Waals surface area contributed by atoms with Crippen molar-refractivity contribution >= 4 is 35.0 Å². The molecule has 1 aromatic rings. The summed E-state index contributed by atoms with van der Waals surface area (Å²) < 4.78 is 4.83. The highest BCUT2D eigenvalue weighted by atomic mass is 32.2. The average Bonchev–Trinajstić information content (AvgIpc) is 2.75. The number of aromatic amines is 1. The van der Waals surface area contributed by atoms with E-state index in [9.17, 15) is 19.2 Å². The van der Waals surface area contributed by atoms with E-state index in [1.54, 1.807) is 6.92 Å². The number of hydrogen-bond acceptors (Lipinski definition) is 6. The molecule has 22 heavy (non-hydrogen) atoms. The van der Waals surface area contributed by atoms with E-state index >= 15 is 0 Å². The fraction of sp³-hybridized carbons (Fsp3) is 0.286. The molecule has 0 radical (unpaired) electrons. The van der Waals surface area contributed by atoms with Crippen LogP contribution in [0.2, 0.25) is 0 Å². The SMILES string of the molecule is CCOC(=O)C(C)N1C(=O)S/C(=C\c2ccc(=O)[nH]c2)C1=O. The minimum absolute atomic E-state index is 0.173. The molecule has 1 saturated heterocycles. The van der Waals surface area contributed by atoms with Crippen molar-refractivity contribution in [3.63, 3.8) is 0 Å². The maximum Gasteiger partial charge on any atom is 0.329 e. The number of hydrogen-bond donors (Lipinski definition) is 1. The molecule has 0 saturated carbocycles. The van der Waals surface area contributed by atoms with Gasteiger partial charge in [-0.05, 0) is 43.3 Å². The monoisotopic (exact) mass is 322 g/mol. The van der Waals surface area contributed by atoms with Gasteiger partial charge in [-0.15, -0.1) is 0 Å². The van der Waals surface area contributed by atoms with Crippen LogP contribution in [0.15, 0.2) is 28.0 Å². The normalized spacial score (nSPS) is 17.9. The van der Waals surface area contributed by atoms with Gasteiger partial charge in [-0.2, -0.15) is 0 Å². The number of ether oxygens (including phenoxy) is 1. The van der Waals surface area contributed by atoms with Crippen LogP contribution in [0.25, 0.3) is 6.08 Å². The van der Waals surface area contributed by atoms with Gasteiger partial charge in [0.2, 0.25) is 5.56 Å². The number of aromatic nitrogens is 1. The summed E-state index contributed by atoms with van der Waals surface area (Å²) in [5.74, 6) is -1.18. The highest BCUT2D eigenvalue weighted by Crippen LogP contribution is 2.33. The smallest absolute Gasteiger partial charge is 0.329 e. The highest BCUT2D eigenvalue weighted by molar-refractivity contribution is 8.18. The number of pyridine rings is 1. The zero-order valence-electron chi connectivity index (χ0n) is 12.0. The van der Waals surface area contributed by atoms with Crippen LogP contribution in [0.3, 0.4) is 0 Å². The van der Waals surface area contributed by atoms with Crippen LogP contribution in [0.4, 0.5) is 4.79 Å². The molecule has 2 rings (SSSR count). The minimum atomic E-state index is -0.978. The van der Waals surface area contributed by atoms with Crippen LogP contribution in [-0.4, -0.2) is 39.6 Å². The lowest BCUT2D eigenvalue weighted by Gasteiger charge is -2.19. The van der Waals surface area contributed by atoms with Crippen LogP contribution in [0.5, 0.6) is 0 Å². The summed E-state index contributed by atoms with van der Waals surface area (Å²) in [4.78, 5) is 50.4. The molecule has 0 aliphatic carbocycles. The van der Waals surface area contributed by atoms with Crippen LogP contribution in [-0.2, 0) is 14.3 Å². The summed E-state index contributed by atoms with van der Waals surface area (Å²) in [5, 5.41) is -0.527. The van der Waals surface area contributed by atoms with Crippen molar-refractivity contribution in [2.45, 2.75) is 19.9 Å². The quantitative estimate of drug-likeness (QED) is 0.664. The van der Waals surface area contributed by atoms with Crippen molar-refractivity contribution in [3.8, 4) is 0 Å². The Bertz CT molecular complexity index is 689. The van der Waals surface area contributed by atoms with E-state index in [2.05, 4.69) is 4.98 Å². The standard InChI is InChI=1S/C14H14N2O5S/c1-3-21-13(19)8(2)16-12(18)10(22-14(16)20)6-9-4-5-11(17)15-7-9/h4-8H,3H2,1-2H3,(H,15,17)/b10-6-. The summed E-state index contributed by atoms with van der Waals surface area (Å²) in [6, 6.07) is 1.87. The molecule has 1 aliphatic heterocycles. The molecule has 1 atom stereocenters. The maximum absolute atomic E-state index is 12.3. The number of carbonyl (C=O) groups is 3. The molecule has 116 valence electrons. The number of carbonyl (C=O) groups excluding carboxylic acids is 3. The fourth-order valence-corrected chi connectivity index (χ4v) is 2.75. The lowest BCUT2D eigenvalue weighted by Crippen LogP contribution is -2.42. The predicted molar refractivity (Wildman–Crippen MR) is 81.0 cm³/mol. The second-order valence-corrected chi connectivity index (χ2v) is 5.46. The summed E-state index contributed by atoms with van der Waals surface area (Å²) in [6.45, 7) is 3.26. The van der Waals surface area contributed by atoms with Crippen molar-refractivity contribution in [1.82, 2.24) is 9.88 Å². The first-order valence-corrected chi connectivity index (χ1v) is 7.38. The second-order valence-electron chi connectivity index (χ2n) is 4.47. The molecule has 7 nitrogen and oxygen atoms in total. The predicted octanol–water partition coefficient (Wildman–Crippen LogP) is 1.36. The lowest BCUT2D eigenvalue weighted by molar-refractivity contribution is -0.150. The van der Waals surface area contributed by atoms with Crippen molar-refractivity contribution in [1.29, 1.82) is 0 Å². The molecule has 1 fully saturated rings. The van der Waals surface area contributed by atoms with Gasteiger partial charge in [0, 0.05) is 12.3 Å². The molecule has 0 aromatic carbocycles. The van der Waals surface area contributed by atoms with Crippen molar-refractivity contribution in [2.24, 2.45) is 0 Å². The number of imide groups is 1. The Morgan fingerprint density at radius 1 is 1.41 bits per heavy atom. The van der Waals surface area contributed by atoms with Gasteiger partial charge in [0.1, 0.15) is 6.04 Å². The molecular formula is C14H14N2O5S. The van der Waals surface area contributed by atoms with Gasteiger partial charge in [-0.3, -0.25) is 19.3 Å². The molecule has 2 amide bonds. The van der Waals surface area contributed by atoms with Gasteiger partial charge in [-0.1, -0.05) is 0 Å².